The Hall–Kier alpha value is -4.52. The average Bonchev–Trinajstić information content (AvgIpc) is 3.52. The molecule has 37 heavy (non-hydrogen) atoms. The van der Waals surface area contributed by atoms with Gasteiger partial charge >= 0.3 is 6.09 Å². The van der Waals surface area contributed by atoms with Crippen LogP contribution in [0.25, 0.3) is 22.0 Å². The number of rotatable bonds is 5. The first-order valence-electron chi connectivity index (χ1n) is 12.0. The summed E-state index contributed by atoms with van der Waals surface area (Å²) in [5.41, 5.74) is 2.77. The van der Waals surface area contributed by atoms with Crippen molar-refractivity contribution in [3.63, 3.8) is 0 Å². The highest BCUT2D eigenvalue weighted by Gasteiger charge is 2.49. The maximum atomic E-state index is 12.7. The Bertz CT molecular complexity index is 1500. The van der Waals surface area contributed by atoms with Crippen LogP contribution in [0.3, 0.4) is 0 Å². The van der Waals surface area contributed by atoms with Gasteiger partial charge in [0.1, 0.15) is 12.2 Å². The molecule has 3 heterocycles. The van der Waals surface area contributed by atoms with Gasteiger partial charge in [0.2, 0.25) is 5.95 Å². The van der Waals surface area contributed by atoms with E-state index in [2.05, 4.69) is 26.7 Å². The van der Waals surface area contributed by atoms with E-state index in [4.69, 9.17) is 14.2 Å². The summed E-state index contributed by atoms with van der Waals surface area (Å²) >= 11 is 0. The molecule has 0 bridgehead atoms. The number of fused-ring (bicyclic) bond motifs is 2. The van der Waals surface area contributed by atoms with Gasteiger partial charge in [0.25, 0.3) is 0 Å². The largest absolute Gasteiger partial charge is 0.441 e. The van der Waals surface area contributed by atoms with Crippen molar-refractivity contribution in [1.29, 1.82) is 5.26 Å². The molecule has 0 spiro atoms. The van der Waals surface area contributed by atoms with Crippen molar-refractivity contribution in [2.75, 3.05) is 23.8 Å². The second-order valence-corrected chi connectivity index (χ2v) is 8.90. The third-order valence-electron chi connectivity index (χ3n) is 6.55. The number of ether oxygens (including phenoxy) is 3. The Morgan fingerprint density at radius 1 is 1.00 bits per heavy atom. The van der Waals surface area contributed by atoms with Crippen LogP contribution >= 0.6 is 0 Å². The molecule has 2 saturated heterocycles. The summed E-state index contributed by atoms with van der Waals surface area (Å²) in [6.45, 7) is 0.593. The number of carbonyl (C=O) groups is 1. The normalized spacial score (nSPS) is 22.2. The Morgan fingerprint density at radius 2 is 1.84 bits per heavy atom. The molecule has 3 aromatic carbocycles. The zero-order chi connectivity index (χ0) is 25.2. The van der Waals surface area contributed by atoms with Crippen LogP contribution in [-0.4, -0.2) is 53.6 Å². The third-order valence-corrected chi connectivity index (χ3v) is 6.55. The molecule has 1 amide bonds. The highest BCUT2D eigenvalue weighted by molar-refractivity contribution is 6.00. The number of carbonyl (C=O) groups excluding carboxylic acids is 1. The van der Waals surface area contributed by atoms with Crippen LogP contribution in [0.4, 0.5) is 16.4 Å². The van der Waals surface area contributed by atoms with E-state index in [1.165, 1.54) is 0 Å². The first-order valence-corrected chi connectivity index (χ1v) is 12.0. The SMILES string of the molecule is N#Cc1cccc(-c2ccnc(N[C@H]3CO[C@H]4[C@@H]3OC[C@H]4OC(=O)Nc3cccc4ccccc34)n2)c1. The van der Waals surface area contributed by atoms with Crippen LogP contribution in [0.15, 0.2) is 79.0 Å². The number of aromatic nitrogens is 2. The highest BCUT2D eigenvalue weighted by Crippen LogP contribution is 2.31. The molecule has 9 nitrogen and oxygen atoms in total. The summed E-state index contributed by atoms with van der Waals surface area (Å²) < 4.78 is 17.6. The van der Waals surface area contributed by atoms with Gasteiger partial charge in [0.15, 0.2) is 6.10 Å². The molecule has 6 rings (SSSR count). The molecule has 4 aromatic rings. The van der Waals surface area contributed by atoms with Gasteiger partial charge in [-0.25, -0.2) is 14.8 Å². The second-order valence-electron chi connectivity index (χ2n) is 8.90. The van der Waals surface area contributed by atoms with Gasteiger partial charge in [-0.3, -0.25) is 5.32 Å². The maximum absolute atomic E-state index is 12.7. The van der Waals surface area contributed by atoms with Crippen molar-refractivity contribution in [1.82, 2.24) is 9.97 Å². The predicted molar refractivity (Wildman–Crippen MR) is 137 cm³/mol. The molecule has 4 atom stereocenters. The standard InChI is InChI=1S/C28H23N5O4/c29-14-17-5-3-8-19(13-17)21-11-12-30-27(31-21)32-23-15-35-26-24(16-36-25(23)26)37-28(34)33-22-10-4-7-18-6-1-2-9-20(18)22/h1-13,23-26H,15-16H2,(H,33,34)(H,30,31,32)/t23-,24+,25+,26+/m0/s1. The number of amides is 1. The minimum atomic E-state index is -0.554. The van der Waals surface area contributed by atoms with E-state index in [0.717, 1.165) is 16.3 Å². The number of hydrogen-bond donors (Lipinski definition) is 2. The van der Waals surface area contributed by atoms with Crippen molar-refractivity contribution < 1.29 is 19.0 Å². The average molecular weight is 494 g/mol. The number of benzene rings is 3. The Balaban J connectivity index is 1.10. The van der Waals surface area contributed by atoms with E-state index in [0.29, 0.717) is 29.5 Å². The van der Waals surface area contributed by atoms with Crippen LogP contribution in [-0.2, 0) is 14.2 Å². The van der Waals surface area contributed by atoms with Crippen molar-refractivity contribution in [2.24, 2.45) is 0 Å². The van der Waals surface area contributed by atoms with Crippen LogP contribution in [0, 0.1) is 11.3 Å². The van der Waals surface area contributed by atoms with Crippen LogP contribution < -0.4 is 10.6 Å². The number of nitriles is 1. The van der Waals surface area contributed by atoms with E-state index in [1.807, 2.05) is 54.6 Å². The second kappa shape index (κ2) is 9.85. The van der Waals surface area contributed by atoms with Crippen molar-refractivity contribution in [3.05, 3.63) is 84.6 Å². The fourth-order valence-electron chi connectivity index (χ4n) is 4.80. The van der Waals surface area contributed by atoms with E-state index in [-0.39, 0.29) is 18.8 Å². The van der Waals surface area contributed by atoms with Gasteiger partial charge in [0.05, 0.1) is 42.3 Å². The van der Waals surface area contributed by atoms with E-state index >= 15 is 0 Å². The topological polar surface area (TPSA) is 118 Å². The molecule has 0 aliphatic carbocycles. The minimum absolute atomic E-state index is 0.208. The van der Waals surface area contributed by atoms with Crippen LogP contribution in [0.2, 0.25) is 0 Å². The van der Waals surface area contributed by atoms with E-state index < -0.39 is 18.3 Å². The smallest absolute Gasteiger partial charge is 0.412 e. The monoisotopic (exact) mass is 493 g/mol. The maximum Gasteiger partial charge on any atom is 0.412 e. The lowest BCUT2D eigenvalue weighted by Crippen LogP contribution is -2.38. The lowest BCUT2D eigenvalue weighted by atomic mass is 10.1. The first-order chi connectivity index (χ1) is 18.2. The lowest BCUT2D eigenvalue weighted by Gasteiger charge is -2.18. The molecule has 0 unspecified atom stereocenters. The molecule has 0 radical (unpaired) electrons. The zero-order valence-corrected chi connectivity index (χ0v) is 19.7. The molecule has 2 N–H and O–H groups in total. The Kier molecular flexibility index (Phi) is 6.10. The van der Waals surface area contributed by atoms with Crippen LogP contribution in [0.5, 0.6) is 0 Å². The van der Waals surface area contributed by atoms with E-state index in [9.17, 15) is 10.1 Å². The summed E-state index contributed by atoms with van der Waals surface area (Å²) in [4.78, 5) is 21.6. The van der Waals surface area contributed by atoms with E-state index in [1.54, 1.807) is 24.4 Å². The predicted octanol–water partition coefficient (Wildman–Crippen LogP) is 4.36. The summed E-state index contributed by atoms with van der Waals surface area (Å²) in [6, 6.07) is 24.5. The number of anilines is 2. The number of nitrogens with one attached hydrogen (secondary N) is 2. The fraction of sp³-hybridized carbons (Fsp3) is 0.214. The molecule has 1 aromatic heterocycles. The summed E-state index contributed by atoms with van der Waals surface area (Å²) in [6.07, 6.45) is -0.138. The Labute approximate surface area is 213 Å². The van der Waals surface area contributed by atoms with Gasteiger partial charge in [0, 0.05) is 17.1 Å². The molecule has 2 fully saturated rings. The van der Waals surface area contributed by atoms with Gasteiger partial charge in [-0.1, -0.05) is 48.5 Å². The zero-order valence-electron chi connectivity index (χ0n) is 19.7. The lowest BCUT2D eigenvalue weighted by molar-refractivity contribution is 0.00917. The number of nitrogens with zero attached hydrogens (tertiary/aromatic N) is 3. The summed E-state index contributed by atoms with van der Waals surface area (Å²) in [5.74, 6) is 0.427. The molecular formula is C28H23N5O4. The van der Waals surface area contributed by atoms with Crippen molar-refractivity contribution in [2.45, 2.75) is 24.4 Å². The minimum Gasteiger partial charge on any atom is -0.441 e. The highest BCUT2D eigenvalue weighted by atomic mass is 16.6. The fourth-order valence-corrected chi connectivity index (χ4v) is 4.80. The number of hydrogen-bond acceptors (Lipinski definition) is 8. The quantitative estimate of drug-likeness (QED) is 0.421. The molecule has 0 saturated carbocycles. The summed E-state index contributed by atoms with van der Waals surface area (Å²) in [7, 11) is 0. The molecule has 2 aliphatic rings. The third kappa shape index (κ3) is 4.68. The summed E-state index contributed by atoms with van der Waals surface area (Å²) in [5, 5.41) is 17.3. The van der Waals surface area contributed by atoms with Crippen molar-refractivity contribution >= 4 is 28.5 Å². The van der Waals surface area contributed by atoms with Crippen LogP contribution in [0.1, 0.15) is 5.56 Å². The Morgan fingerprint density at radius 3 is 2.76 bits per heavy atom. The van der Waals surface area contributed by atoms with Gasteiger partial charge in [-0.05, 0) is 29.7 Å². The van der Waals surface area contributed by atoms with Crippen molar-refractivity contribution in [3.8, 4) is 17.3 Å². The molecule has 9 heteroatoms. The van der Waals surface area contributed by atoms with Gasteiger partial charge < -0.3 is 19.5 Å². The van der Waals surface area contributed by atoms with Gasteiger partial charge in [-0.2, -0.15) is 5.26 Å². The van der Waals surface area contributed by atoms with Gasteiger partial charge in [-0.15, -0.1) is 0 Å². The molecule has 2 aliphatic heterocycles. The molecule has 184 valence electrons. The first kappa shape index (κ1) is 22.9. The molecular weight excluding hydrogens is 470 g/mol.